The van der Waals surface area contributed by atoms with Gasteiger partial charge < -0.3 is 25.8 Å². The molecular formula is C29H38ClN7O4S. The van der Waals surface area contributed by atoms with Crippen molar-refractivity contribution >= 4 is 52.4 Å². The fraction of sp³-hybridized carbons (Fsp3) is 0.517. The van der Waals surface area contributed by atoms with E-state index in [-0.39, 0.29) is 54.0 Å². The van der Waals surface area contributed by atoms with E-state index in [0.717, 1.165) is 25.7 Å². The van der Waals surface area contributed by atoms with Crippen molar-refractivity contribution < 1.29 is 19.2 Å². The summed E-state index contributed by atoms with van der Waals surface area (Å²) in [4.78, 5) is 62.6. The first-order valence-corrected chi connectivity index (χ1v) is 15.6. The minimum Gasteiger partial charge on any atom is -0.370 e. The summed E-state index contributed by atoms with van der Waals surface area (Å²) >= 11 is 7.60. The molecule has 3 heterocycles. The largest absolute Gasteiger partial charge is 0.370 e. The molecule has 0 spiro atoms. The lowest BCUT2D eigenvalue weighted by Gasteiger charge is -2.40. The number of hydrogen-bond acceptors (Lipinski definition) is 7. The number of nitrogens with two attached hydrogens (primary N) is 1. The third kappa shape index (κ3) is 7.86. The standard InChI is InChI=1S/C29H38ClN7O4S/c1-2-3-11-35-18-25(39)37(23(28(35)41)15-20-8-4-5-9-21(20)30)17-24(38)34-22(26(40)27-33-10-13-42-27)14-19-7-6-12-36(16-19)29(31)32/h4-5,8-10,13,19,22-23H,2-3,6-7,11-12,14-18H2,1H3,(H3,31,32)(H,34,38)/t19?,22-,23+/m0/s1. The van der Waals surface area contributed by atoms with Crippen molar-refractivity contribution in [2.45, 2.75) is 57.5 Å². The molecule has 0 saturated carbocycles. The van der Waals surface area contributed by atoms with Gasteiger partial charge >= 0.3 is 0 Å². The number of amides is 3. The number of aromatic nitrogens is 1. The molecule has 42 heavy (non-hydrogen) atoms. The molecule has 2 aliphatic heterocycles. The van der Waals surface area contributed by atoms with Crippen LogP contribution in [-0.2, 0) is 20.8 Å². The number of halogens is 1. The molecular weight excluding hydrogens is 578 g/mol. The van der Waals surface area contributed by atoms with Gasteiger partial charge in [0.15, 0.2) is 11.0 Å². The summed E-state index contributed by atoms with van der Waals surface area (Å²) in [5.41, 5.74) is 6.41. The molecule has 2 fully saturated rings. The first-order valence-electron chi connectivity index (χ1n) is 14.3. The molecule has 3 atom stereocenters. The van der Waals surface area contributed by atoms with Crippen LogP contribution >= 0.6 is 22.9 Å². The maximum atomic E-state index is 13.6. The highest BCUT2D eigenvalue weighted by molar-refractivity contribution is 7.11. The quantitative estimate of drug-likeness (QED) is 0.188. The first kappa shape index (κ1) is 31.4. The van der Waals surface area contributed by atoms with Crippen LogP contribution in [0.15, 0.2) is 35.8 Å². The Balaban J connectivity index is 1.52. The molecule has 2 saturated heterocycles. The predicted octanol–water partition coefficient (Wildman–Crippen LogP) is 2.54. The second-order valence-electron chi connectivity index (χ2n) is 10.8. The van der Waals surface area contributed by atoms with Gasteiger partial charge in [-0.1, -0.05) is 43.1 Å². The van der Waals surface area contributed by atoms with Gasteiger partial charge in [0.05, 0.1) is 12.6 Å². The molecule has 2 aromatic rings. The SMILES string of the molecule is CCCCN1CC(=O)N(CC(=O)N[C@@H](CC2CCCN(C(=N)N)C2)C(=O)c2nccs2)[C@H](Cc2ccccc2Cl)C1=O. The average Bonchev–Trinajstić information content (AvgIpc) is 3.51. The van der Waals surface area contributed by atoms with Crippen molar-refractivity contribution in [3.63, 3.8) is 0 Å². The topological polar surface area (TPSA) is 153 Å². The number of nitrogens with one attached hydrogen (secondary N) is 2. The number of unbranched alkanes of at least 4 members (excludes halogenated alkanes) is 1. The third-order valence-corrected chi connectivity index (χ3v) is 8.97. The number of ketones is 1. The Morgan fingerprint density at radius 2 is 2.07 bits per heavy atom. The molecule has 4 N–H and O–H groups in total. The maximum Gasteiger partial charge on any atom is 0.246 e. The number of benzene rings is 1. The number of carbonyl (C=O) groups excluding carboxylic acids is 4. The van der Waals surface area contributed by atoms with Gasteiger partial charge in [-0.25, -0.2) is 4.98 Å². The van der Waals surface area contributed by atoms with E-state index >= 15 is 0 Å². The lowest BCUT2D eigenvalue weighted by Crippen LogP contribution is -2.62. The number of hydrogen-bond donors (Lipinski definition) is 3. The zero-order chi connectivity index (χ0) is 30.2. The average molecular weight is 616 g/mol. The fourth-order valence-electron chi connectivity index (χ4n) is 5.59. The van der Waals surface area contributed by atoms with Gasteiger partial charge in [-0.15, -0.1) is 11.3 Å². The van der Waals surface area contributed by atoms with E-state index in [1.165, 1.54) is 22.4 Å². The number of Topliss-reactive ketones (excluding diaryl/α,β-unsaturated/α-hetero) is 1. The Labute approximate surface area is 254 Å². The Bertz CT molecular complexity index is 1290. The highest BCUT2D eigenvalue weighted by Gasteiger charge is 2.41. The lowest BCUT2D eigenvalue weighted by molar-refractivity contribution is -0.157. The van der Waals surface area contributed by atoms with Crippen LogP contribution in [0, 0.1) is 11.3 Å². The first-order chi connectivity index (χ1) is 20.2. The highest BCUT2D eigenvalue weighted by atomic mass is 35.5. The van der Waals surface area contributed by atoms with E-state index in [2.05, 4.69) is 10.3 Å². The van der Waals surface area contributed by atoms with Crippen LogP contribution < -0.4 is 11.1 Å². The molecule has 0 bridgehead atoms. The molecule has 3 amide bonds. The molecule has 226 valence electrons. The van der Waals surface area contributed by atoms with Crippen LogP contribution in [0.1, 0.15) is 54.4 Å². The predicted molar refractivity (Wildman–Crippen MR) is 161 cm³/mol. The molecule has 1 aromatic heterocycles. The van der Waals surface area contributed by atoms with Crippen molar-refractivity contribution in [3.8, 4) is 0 Å². The number of nitrogens with zero attached hydrogens (tertiary/aromatic N) is 4. The van der Waals surface area contributed by atoms with Gasteiger partial charge in [0.1, 0.15) is 12.6 Å². The number of guanidine groups is 1. The van der Waals surface area contributed by atoms with Gasteiger partial charge in [0.2, 0.25) is 23.5 Å². The number of piperidine rings is 1. The summed E-state index contributed by atoms with van der Waals surface area (Å²) in [6.07, 6.45) is 5.34. The van der Waals surface area contributed by atoms with Crippen molar-refractivity contribution in [2.75, 3.05) is 32.7 Å². The lowest BCUT2D eigenvalue weighted by atomic mass is 9.90. The second-order valence-corrected chi connectivity index (χ2v) is 12.1. The van der Waals surface area contributed by atoms with Crippen LogP contribution in [0.2, 0.25) is 5.02 Å². The van der Waals surface area contributed by atoms with E-state index in [1.807, 2.05) is 13.0 Å². The van der Waals surface area contributed by atoms with Crippen molar-refractivity contribution in [1.82, 2.24) is 25.0 Å². The molecule has 11 nitrogen and oxygen atoms in total. The number of thiazole rings is 1. The van der Waals surface area contributed by atoms with Crippen LogP contribution in [0.25, 0.3) is 0 Å². The normalized spacial score (nSPS) is 20.0. The number of likely N-dealkylation sites (tertiary alicyclic amines) is 1. The summed E-state index contributed by atoms with van der Waals surface area (Å²) in [6.45, 7) is 3.20. The van der Waals surface area contributed by atoms with Crippen LogP contribution in [0.4, 0.5) is 0 Å². The zero-order valence-electron chi connectivity index (χ0n) is 23.8. The van der Waals surface area contributed by atoms with Crippen LogP contribution in [0.3, 0.4) is 0 Å². The minimum atomic E-state index is -0.899. The number of rotatable bonds is 12. The van der Waals surface area contributed by atoms with Gasteiger partial charge in [0, 0.05) is 42.7 Å². The van der Waals surface area contributed by atoms with E-state index in [9.17, 15) is 19.2 Å². The molecule has 1 aromatic carbocycles. The summed E-state index contributed by atoms with van der Waals surface area (Å²) in [7, 11) is 0. The Morgan fingerprint density at radius 3 is 2.76 bits per heavy atom. The summed E-state index contributed by atoms with van der Waals surface area (Å²) in [6, 6.07) is 5.37. The maximum absolute atomic E-state index is 13.6. The fourth-order valence-corrected chi connectivity index (χ4v) is 6.43. The molecule has 4 rings (SSSR count). The van der Waals surface area contributed by atoms with E-state index in [0.29, 0.717) is 36.6 Å². The summed E-state index contributed by atoms with van der Waals surface area (Å²) in [5, 5.41) is 13.1. The number of carbonyl (C=O) groups is 4. The molecule has 13 heteroatoms. The Kier molecular flexibility index (Phi) is 10.9. The molecule has 0 aliphatic carbocycles. The third-order valence-electron chi connectivity index (χ3n) is 7.81. The van der Waals surface area contributed by atoms with Crippen LogP contribution in [0.5, 0.6) is 0 Å². The van der Waals surface area contributed by atoms with E-state index < -0.39 is 18.0 Å². The van der Waals surface area contributed by atoms with Crippen molar-refractivity contribution in [2.24, 2.45) is 11.7 Å². The monoisotopic (exact) mass is 615 g/mol. The molecule has 0 radical (unpaired) electrons. The summed E-state index contributed by atoms with van der Waals surface area (Å²) < 4.78 is 0. The summed E-state index contributed by atoms with van der Waals surface area (Å²) in [5.74, 6) is -1.38. The Hall–Kier alpha value is -3.51. The van der Waals surface area contributed by atoms with Crippen molar-refractivity contribution in [1.29, 1.82) is 5.41 Å². The second kappa shape index (κ2) is 14.6. The van der Waals surface area contributed by atoms with Gasteiger partial charge in [-0.2, -0.15) is 0 Å². The Morgan fingerprint density at radius 1 is 1.29 bits per heavy atom. The molecule has 1 unspecified atom stereocenters. The smallest absolute Gasteiger partial charge is 0.246 e. The van der Waals surface area contributed by atoms with Gasteiger partial charge in [-0.05, 0) is 43.2 Å². The zero-order valence-corrected chi connectivity index (χ0v) is 25.3. The minimum absolute atomic E-state index is 0.0163. The molecule has 2 aliphatic rings. The van der Waals surface area contributed by atoms with Gasteiger partial charge in [-0.3, -0.25) is 24.6 Å². The van der Waals surface area contributed by atoms with Crippen LogP contribution in [-0.4, -0.2) is 94.0 Å². The van der Waals surface area contributed by atoms with E-state index in [4.69, 9.17) is 22.7 Å². The number of piperazine rings is 1. The van der Waals surface area contributed by atoms with Gasteiger partial charge in [0.25, 0.3) is 0 Å². The highest BCUT2D eigenvalue weighted by Crippen LogP contribution is 2.25. The van der Waals surface area contributed by atoms with E-state index in [1.54, 1.807) is 33.4 Å². The van der Waals surface area contributed by atoms with Crippen molar-refractivity contribution in [3.05, 3.63) is 51.4 Å².